The van der Waals surface area contributed by atoms with Gasteiger partial charge in [0, 0.05) is 11.0 Å². The van der Waals surface area contributed by atoms with Crippen molar-refractivity contribution in [3.05, 3.63) is 0 Å². The van der Waals surface area contributed by atoms with Gasteiger partial charge >= 0.3 is 16.1 Å². The average molecular weight is 392 g/mol. The van der Waals surface area contributed by atoms with Crippen LogP contribution in [0.15, 0.2) is 0 Å². The van der Waals surface area contributed by atoms with Crippen molar-refractivity contribution in [2.75, 3.05) is 19.8 Å². The Morgan fingerprint density at radius 3 is 2.54 bits per heavy atom. The summed E-state index contributed by atoms with van der Waals surface area (Å²) in [6, 6.07) is 0. The lowest BCUT2D eigenvalue weighted by atomic mass is 9.98. The van der Waals surface area contributed by atoms with Crippen molar-refractivity contribution in [2.24, 2.45) is 0 Å². The molecule has 142 valence electrons. The van der Waals surface area contributed by atoms with E-state index in [1.807, 2.05) is 0 Å². The Hall–Kier alpha value is -0.0300. The second kappa shape index (κ2) is 9.07. The molecule has 0 spiro atoms. The van der Waals surface area contributed by atoms with Gasteiger partial charge in [0.25, 0.3) is 0 Å². The van der Waals surface area contributed by atoms with Crippen LogP contribution in [0.5, 0.6) is 0 Å². The molecule has 4 N–H and O–H groups in total. The molecule has 6 unspecified atom stereocenters. The molecule has 1 heterocycles. The van der Waals surface area contributed by atoms with Gasteiger partial charge in [-0.25, -0.2) is 0 Å². The van der Waals surface area contributed by atoms with Crippen LogP contribution in [0.3, 0.4) is 0 Å². The molecular formula is C11H22O11P2. The molecule has 1 rings (SSSR count). The van der Waals surface area contributed by atoms with Crippen molar-refractivity contribution in [1.29, 1.82) is 0 Å². The Balaban J connectivity index is 2.33. The molecule has 0 aliphatic carbocycles. The van der Waals surface area contributed by atoms with Crippen LogP contribution in [-0.4, -0.2) is 70.3 Å². The largest absolute Gasteiger partial charge is 0.753 e. The van der Waals surface area contributed by atoms with E-state index in [-0.39, 0.29) is 13.0 Å². The van der Waals surface area contributed by atoms with Crippen LogP contribution < -0.4 is 4.89 Å². The van der Waals surface area contributed by atoms with Crippen molar-refractivity contribution in [3.8, 4) is 0 Å². The third-order valence-electron chi connectivity index (χ3n) is 3.27. The highest BCUT2D eigenvalue weighted by atomic mass is 31.2. The van der Waals surface area contributed by atoms with Gasteiger partial charge in [0.05, 0.1) is 24.9 Å². The number of phosphoric acid groups is 1. The summed E-state index contributed by atoms with van der Waals surface area (Å²) in [5.41, 5.74) is -0.950. The summed E-state index contributed by atoms with van der Waals surface area (Å²) in [6.07, 6.45) is -4.41. The zero-order valence-electron chi connectivity index (χ0n) is 13.2. The molecule has 0 aromatic rings. The van der Waals surface area contributed by atoms with Crippen molar-refractivity contribution in [2.45, 2.75) is 50.3 Å². The quantitative estimate of drug-likeness (QED) is 0.329. The van der Waals surface area contributed by atoms with Gasteiger partial charge in [0.15, 0.2) is 0 Å². The predicted molar refractivity (Wildman–Crippen MR) is 76.9 cm³/mol. The second-order valence-corrected chi connectivity index (χ2v) is 8.21. The van der Waals surface area contributed by atoms with Crippen molar-refractivity contribution in [3.63, 3.8) is 0 Å². The predicted octanol–water partition coefficient (Wildman–Crippen LogP) is -1.20. The third kappa shape index (κ3) is 6.70. The van der Waals surface area contributed by atoms with Crippen LogP contribution in [0.25, 0.3) is 0 Å². The molecule has 1 fully saturated rings. The highest BCUT2D eigenvalue weighted by Gasteiger charge is 2.48. The van der Waals surface area contributed by atoms with Crippen molar-refractivity contribution < 1.29 is 52.5 Å². The Morgan fingerprint density at radius 1 is 1.42 bits per heavy atom. The fourth-order valence-corrected chi connectivity index (χ4v) is 3.62. The Kier molecular flexibility index (Phi) is 8.32. The van der Waals surface area contributed by atoms with Gasteiger partial charge in [0.2, 0.25) is 0 Å². The first-order chi connectivity index (χ1) is 11.0. The molecule has 0 bridgehead atoms. The summed E-state index contributed by atoms with van der Waals surface area (Å²) in [7, 11) is -8.04. The zero-order valence-corrected chi connectivity index (χ0v) is 15.0. The van der Waals surface area contributed by atoms with Gasteiger partial charge in [-0.15, -0.1) is 4.52 Å². The van der Waals surface area contributed by atoms with Crippen molar-refractivity contribution >= 4 is 16.1 Å². The second-order valence-electron chi connectivity index (χ2n) is 5.70. The fourth-order valence-electron chi connectivity index (χ4n) is 1.98. The maximum absolute atomic E-state index is 11.4. The standard InChI is InChI=1S/C11H22O11P2/c1-11(2)10(15)9(14)8(21-11)3-4-19-23(16)22-24(17,18)20-6-7(13)5-12/h7-10,12-15H,3-6H2,1-2H3. The lowest BCUT2D eigenvalue weighted by Crippen LogP contribution is -2.37. The van der Waals surface area contributed by atoms with E-state index in [1.54, 1.807) is 13.8 Å². The summed E-state index contributed by atoms with van der Waals surface area (Å²) in [4.78, 5) is 11.3. The molecule has 0 aromatic heterocycles. The number of ether oxygens (including phenoxy) is 1. The number of aliphatic hydroxyl groups is 4. The van der Waals surface area contributed by atoms with E-state index in [0.717, 1.165) is 0 Å². The van der Waals surface area contributed by atoms with Gasteiger partial charge in [0.1, 0.15) is 24.9 Å². The topological polar surface area (TPSA) is 175 Å². The fraction of sp³-hybridized carbons (Fsp3) is 1.00. The van der Waals surface area contributed by atoms with E-state index < -0.39 is 59.3 Å². The number of hydrogen-bond donors (Lipinski definition) is 4. The number of aliphatic hydroxyl groups excluding tert-OH is 4. The number of rotatable bonds is 10. The van der Waals surface area contributed by atoms with Crippen LogP contribution in [0.1, 0.15) is 20.3 Å². The molecule has 13 heteroatoms. The Morgan fingerprint density at radius 2 is 2.04 bits per heavy atom. The highest BCUT2D eigenvalue weighted by molar-refractivity contribution is 7.54. The van der Waals surface area contributed by atoms with Crippen LogP contribution >= 0.6 is 16.1 Å². The maximum atomic E-state index is 11.4. The summed E-state index contributed by atoms with van der Waals surface area (Å²) < 4.78 is 41.1. The molecular weight excluding hydrogens is 370 g/mol. The van der Waals surface area contributed by atoms with Crippen molar-refractivity contribution in [1.82, 2.24) is 0 Å². The SMILES string of the molecule is CC1(C)OC(CCO[P+](=O)OP(=O)([O-])OCC(O)CO)C(O)C1O. The molecule has 1 saturated heterocycles. The van der Waals surface area contributed by atoms with Crippen LogP contribution in [0.4, 0.5) is 0 Å². The summed E-state index contributed by atoms with van der Waals surface area (Å²) in [5.74, 6) is 0. The van der Waals surface area contributed by atoms with Gasteiger partial charge in [-0.05, 0) is 18.2 Å². The minimum atomic E-state index is -4.97. The molecule has 1 aliphatic rings. The van der Waals surface area contributed by atoms with Crippen LogP contribution in [0.2, 0.25) is 0 Å². The maximum Gasteiger partial charge on any atom is 0.705 e. The Bertz CT molecular complexity index is 471. The monoisotopic (exact) mass is 392 g/mol. The van der Waals surface area contributed by atoms with Gasteiger partial charge in [-0.2, -0.15) is 0 Å². The number of phosphoric ester groups is 1. The third-order valence-corrected chi connectivity index (χ3v) is 5.47. The summed E-state index contributed by atoms with van der Waals surface area (Å²) in [6.45, 7) is 1.46. The summed E-state index contributed by atoms with van der Waals surface area (Å²) in [5, 5.41) is 37.0. The lowest BCUT2D eigenvalue weighted by molar-refractivity contribution is -0.219. The minimum absolute atomic E-state index is 0.0410. The van der Waals surface area contributed by atoms with E-state index >= 15 is 0 Å². The van der Waals surface area contributed by atoms with Gasteiger partial charge in [-0.1, -0.05) is 0 Å². The minimum Gasteiger partial charge on any atom is -0.753 e. The molecule has 0 aromatic carbocycles. The van der Waals surface area contributed by atoms with E-state index in [4.69, 9.17) is 14.9 Å². The average Bonchev–Trinajstić information content (AvgIpc) is 2.67. The molecule has 11 nitrogen and oxygen atoms in total. The van der Waals surface area contributed by atoms with E-state index in [1.165, 1.54) is 0 Å². The first kappa shape index (κ1) is 22.0. The first-order valence-electron chi connectivity index (χ1n) is 7.07. The van der Waals surface area contributed by atoms with E-state index in [9.17, 15) is 24.2 Å². The van der Waals surface area contributed by atoms with Crippen LogP contribution in [-0.2, 0) is 27.2 Å². The molecule has 0 radical (unpaired) electrons. The smallest absolute Gasteiger partial charge is 0.705 e. The lowest BCUT2D eigenvalue weighted by Gasteiger charge is -2.21. The van der Waals surface area contributed by atoms with Gasteiger partial charge < -0.3 is 34.6 Å². The zero-order chi connectivity index (χ0) is 18.5. The van der Waals surface area contributed by atoms with Gasteiger partial charge in [-0.3, -0.25) is 4.57 Å². The molecule has 0 amide bonds. The van der Waals surface area contributed by atoms with E-state index in [0.29, 0.717) is 0 Å². The Labute approximate surface area is 139 Å². The molecule has 24 heavy (non-hydrogen) atoms. The summed E-state index contributed by atoms with van der Waals surface area (Å²) >= 11 is 0. The molecule has 0 saturated carbocycles. The molecule has 6 atom stereocenters. The molecule has 1 aliphatic heterocycles. The number of hydrogen-bond acceptors (Lipinski definition) is 11. The highest BCUT2D eigenvalue weighted by Crippen LogP contribution is 2.49. The van der Waals surface area contributed by atoms with Crippen LogP contribution in [0, 0.1) is 0 Å². The first-order valence-corrected chi connectivity index (χ1v) is 9.62. The normalized spacial score (nSPS) is 30.8. The van der Waals surface area contributed by atoms with E-state index in [2.05, 4.69) is 13.4 Å².